The van der Waals surface area contributed by atoms with Gasteiger partial charge in [0.2, 0.25) is 0 Å². The van der Waals surface area contributed by atoms with Crippen LogP contribution in [0.25, 0.3) is 0 Å². The molecule has 0 saturated carbocycles. The van der Waals surface area contributed by atoms with E-state index in [1.165, 1.54) is 11.4 Å². The predicted molar refractivity (Wildman–Crippen MR) is 80.9 cm³/mol. The van der Waals surface area contributed by atoms with Gasteiger partial charge in [0.05, 0.1) is 24.3 Å². The van der Waals surface area contributed by atoms with Crippen molar-refractivity contribution in [1.29, 1.82) is 0 Å². The van der Waals surface area contributed by atoms with Crippen molar-refractivity contribution in [2.24, 2.45) is 0 Å². The molecule has 0 bridgehead atoms. The van der Waals surface area contributed by atoms with Gasteiger partial charge in [-0.15, -0.1) is 0 Å². The van der Waals surface area contributed by atoms with Crippen LogP contribution in [-0.4, -0.2) is 57.5 Å². The van der Waals surface area contributed by atoms with Crippen molar-refractivity contribution >= 4 is 27.6 Å². The summed E-state index contributed by atoms with van der Waals surface area (Å²) in [7, 11) is -0.402. The molecule has 1 heterocycles. The zero-order valence-electron chi connectivity index (χ0n) is 12.1. The fourth-order valence-corrected chi connectivity index (χ4v) is 3.63. The van der Waals surface area contributed by atoms with Crippen LogP contribution in [0.3, 0.4) is 0 Å². The Morgan fingerprint density at radius 2 is 1.90 bits per heavy atom. The number of nitrogens with zero attached hydrogens (tertiary/aromatic N) is 3. The Balaban J connectivity index is 2.29. The molecule has 2 rings (SSSR count). The third-order valence-corrected chi connectivity index (χ3v) is 5.42. The van der Waals surface area contributed by atoms with Crippen LogP contribution in [0.4, 0.5) is 11.4 Å². The lowest BCUT2D eigenvalue weighted by molar-refractivity contribution is -0.137. The van der Waals surface area contributed by atoms with Crippen LogP contribution >= 0.6 is 0 Å². The number of carboxylic acid groups (broad SMARTS) is 1. The molecule has 8 heteroatoms. The minimum absolute atomic E-state index is 0.0494. The third kappa shape index (κ3) is 3.11. The van der Waals surface area contributed by atoms with E-state index in [0.717, 1.165) is 9.99 Å². The molecule has 0 aromatic heterocycles. The van der Waals surface area contributed by atoms with E-state index in [0.29, 0.717) is 18.8 Å². The van der Waals surface area contributed by atoms with E-state index in [1.54, 1.807) is 12.1 Å². The largest absolute Gasteiger partial charge is 0.481 e. The summed E-state index contributed by atoms with van der Waals surface area (Å²) in [6, 6.07) is 7.28. The van der Waals surface area contributed by atoms with E-state index in [1.807, 2.05) is 24.1 Å². The predicted octanol–water partition coefficient (Wildman–Crippen LogP) is 0.594. The van der Waals surface area contributed by atoms with Gasteiger partial charge in [-0.25, -0.2) is 0 Å². The van der Waals surface area contributed by atoms with E-state index >= 15 is 0 Å². The molecular formula is C13H19N3O4S. The maximum Gasteiger partial charge on any atom is 0.304 e. The molecule has 1 aromatic rings. The summed E-state index contributed by atoms with van der Waals surface area (Å²) in [5.41, 5.74) is 1.47. The van der Waals surface area contributed by atoms with Crippen LogP contribution in [0.15, 0.2) is 24.3 Å². The smallest absolute Gasteiger partial charge is 0.304 e. The maximum atomic E-state index is 12.6. The third-order valence-electron chi connectivity index (χ3n) is 3.51. The first-order valence-corrected chi connectivity index (χ1v) is 7.99. The van der Waals surface area contributed by atoms with E-state index in [2.05, 4.69) is 0 Å². The molecule has 116 valence electrons. The quantitative estimate of drug-likeness (QED) is 0.860. The van der Waals surface area contributed by atoms with Crippen LogP contribution < -0.4 is 9.21 Å². The number of hydrogen-bond acceptors (Lipinski definition) is 4. The molecule has 0 saturated heterocycles. The monoisotopic (exact) mass is 313 g/mol. The van der Waals surface area contributed by atoms with Crippen LogP contribution in [-0.2, 0) is 15.0 Å². The van der Waals surface area contributed by atoms with Gasteiger partial charge in [0.15, 0.2) is 0 Å². The molecule has 21 heavy (non-hydrogen) atoms. The highest BCUT2D eigenvalue weighted by atomic mass is 32.2. The number of benzene rings is 1. The Morgan fingerprint density at radius 1 is 1.29 bits per heavy atom. The molecule has 7 nitrogen and oxygen atoms in total. The Hall–Kier alpha value is -1.80. The summed E-state index contributed by atoms with van der Waals surface area (Å²) in [6.07, 6.45) is -0.217. The van der Waals surface area contributed by atoms with E-state index in [-0.39, 0.29) is 13.0 Å². The molecule has 0 atom stereocenters. The van der Waals surface area contributed by atoms with Crippen molar-refractivity contribution in [3.63, 3.8) is 0 Å². The van der Waals surface area contributed by atoms with Gasteiger partial charge in [0.25, 0.3) is 0 Å². The fourth-order valence-electron chi connectivity index (χ4n) is 2.26. The summed E-state index contributed by atoms with van der Waals surface area (Å²) < 4.78 is 27.6. The molecule has 1 aromatic carbocycles. The summed E-state index contributed by atoms with van der Waals surface area (Å²) in [6.45, 7) is 0.877. The average Bonchev–Trinajstić information content (AvgIpc) is 2.45. The molecule has 0 unspecified atom stereocenters. The van der Waals surface area contributed by atoms with Crippen molar-refractivity contribution < 1.29 is 18.3 Å². The molecule has 0 spiro atoms. The number of para-hydroxylation sites is 2. The molecule has 1 aliphatic heterocycles. The van der Waals surface area contributed by atoms with Gasteiger partial charge in [-0.1, -0.05) is 12.1 Å². The first-order valence-electron chi connectivity index (χ1n) is 6.60. The number of likely N-dealkylation sites (N-methyl/N-ethyl adjacent to an activating group) is 1. The SMILES string of the molecule is CN1CCN(S(=O)(=O)N(C)CCC(=O)O)c2ccccc21. The lowest BCUT2D eigenvalue weighted by Gasteiger charge is -2.37. The van der Waals surface area contributed by atoms with Crippen molar-refractivity contribution in [1.82, 2.24) is 4.31 Å². The van der Waals surface area contributed by atoms with Crippen LogP contribution in [0.5, 0.6) is 0 Å². The van der Waals surface area contributed by atoms with Crippen LogP contribution in [0, 0.1) is 0 Å². The normalized spacial score (nSPS) is 15.2. The summed E-state index contributed by atoms with van der Waals surface area (Å²) in [5.74, 6) is -1.02. The number of hydrogen-bond donors (Lipinski definition) is 1. The molecule has 1 N–H and O–H groups in total. The van der Waals surface area contributed by atoms with Crippen molar-refractivity contribution in [2.75, 3.05) is 42.9 Å². The van der Waals surface area contributed by atoms with E-state index < -0.39 is 16.2 Å². The highest BCUT2D eigenvalue weighted by Gasteiger charge is 2.32. The Bertz CT molecular complexity index is 632. The topological polar surface area (TPSA) is 81.2 Å². The van der Waals surface area contributed by atoms with Gasteiger partial charge < -0.3 is 10.0 Å². The molecule has 0 amide bonds. The van der Waals surface area contributed by atoms with Gasteiger partial charge >= 0.3 is 16.2 Å². The lowest BCUT2D eigenvalue weighted by Crippen LogP contribution is -2.48. The standard InChI is InChI=1S/C13H19N3O4S/c1-14-9-10-16(12-6-4-3-5-11(12)14)21(19,20)15(2)8-7-13(17)18/h3-6H,7-10H2,1-2H3,(H,17,18). The Morgan fingerprint density at radius 3 is 2.52 bits per heavy atom. The second kappa shape index (κ2) is 5.90. The number of carbonyl (C=O) groups is 1. The maximum absolute atomic E-state index is 12.6. The van der Waals surface area contributed by atoms with E-state index in [4.69, 9.17) is 5.11 Å². The average molecular weight is 313 g/mol. The summed E-state index contributed by atoms with van der Waals surface area (Å²) in [4.78, 5) is 12.6. The molecule has 0 aliphatic carbocycles. The van der Waals surface area contributed by atoms with E-state index in [9.17, 15) is 13.2 Å². The zero-order chi connectivity index (χ0) is 15.6. The number of anilines is 2. The number of fused-ring (bicyclic) bond motifs is 1. The van der Waals surface area contributed by atoms with Crippen molar-refractivity contribution in [3.8, 4) is 0 Å². The first kappa shape index (κ1) is 15.6. The molecule has 0 fully saturated rings. The van der Waals surface area contributed by atoms with Crippen molar-refractivity contribution in [3.05, 3.63) is 24.3 Å². The molecular weight excluding hydrogens is 294 g/mol. The summed E-state index contributed by atoms with van der Waals surface area (Å²) >= 11 is 0. The molecule has 0 radical (unpaired) electrons. The van der Waals surface area contributed by atoms with Gasteiger partial charge in [-0.2, -0.15) is 12.7 Å². The van der Waals surface area contributed by atoms with Gasteiger partial charge in [-0.05, 0) is 12.1 Å². The highest BCUT2D eigenvalue weighted by Crippen LogP contribution is 2.34. The van der Waals surface area contributed by atoms with Gasteiger partial charge in [-0.3, -0.25) is 9.10 Å². The Kier molecular flexibility index (Phi) is 4.38. The van der Waals surface area contributed by atoms with Gasteiger partial charge in [0.1, 0.15) is 0 Å². The second-order valence-electron chi connectivity index (χ2n) is 4.96. The molecule has 1 aliphatic rings. The minimum Gasteiger partial charge on any atom is -0.481 e. The number of rotatable bonds is 5. The lowest BCUT2D eigenvalue weighted by atomic mass is 10.2. The van der Waals surface area contributed by atoms with Gasteiger partial charge in [0, 0.05) is 27.2 Å². The van der Waals surface area contributed by atoms with Crippen LogP contribution in [0.2, 0.25) is 0 Å². The van der Waals surface area contributed by atoms with Crippen molar-refractivity contribution in [2.45, 2.75) is 6.42 Å². The number of aliphatic carboxylic acids is 1. The number of carboxylic acids is 1. The Labute approximate surface area is 124 Å². The first-order chi connectivity index (χ1) is 9.84. The zero-order valence-corrected chi connectivity index (χ0v) is 12.9. The van der Waals surface area contributed by atoms with Crippen LogP contribution in [0.1, 0.15) is 6.42 Å². The summed E-state index contributed by atoms with van der Waals surface area (Å²) in [5, 5.41) is 8.69. The second-order valence-corrected chi connectivity index (χ2v) is 6.92. The highest BCUT2D eigenvalue weighted by molar-refractivity contribution is 7.90. The fraction of sp³-hybridized carbons (Fsp3) is 0.462. The minimum atomic E-state index is -3.72.